The standard InChI is InChI=1S/C19H16N2O2S/c1-23-15-9-7-14(8-10-15)17(22)18-16(13-5-3-2-4-6-13)21-12-11-20-19(21)24-18/h2-10H,11-12H2,1H3. The molecule has 2 aromatic rings. The summed E-state index contributed by atoms with van der Waals surface area (Å²) in [4.78, 5) is 20.5. The molecule has 0 fully saturated rings. The van der Waals surface area contributed by atoms with Crippen molar-refractivity contribution in [3.8, 4) is 5.75 Å². The van der Waals surface area contributed by atoms with Crippen LogP contribution in [0.15, 0.2) is 64.5 Å². The first-order valence-electron chi connectivity index (χ1n) is 7.76. The van der Waals surface area contributed by atoms with Gasteiger partial charge in [-0.2, -0.15) is 0 Å². The number of ether oxygens (including phenoxy) is 1. The minimum atomic E-state index is 0.0265. The number of aliphatic imine (C=N–C) groups is 1. The molecule has 0 spiro atoms. The minimum Gasteiger partial charge on any atom is -0.497 e. The summed E-state index contributed by atoms with van der Waals surface area (Å²) in [5.41, 5.74) is 2.68. The molecule has 2 aromatic carbocycles. The van der Waals surface area contributed by atoms with Crippen molar-refractivity contribution in [2.75, 3.05) is 20.2 Å². The Bertz CT molecular complexity index is 841. The Balaban J connectivity index is 1.77. The second kappa shape index (κ2) is 6.17. The monoisotopic (exact) mass is 336 g/mol. The van der Waals surface area contributed by atoms with Gasteiger partial charge in [-0.05, 0) is 41.6 Å². The van der Waals surface area contributed by atoms with E-state index in [-0.39, 0.29) is 5.78 Å². The Hall–Kier alpha value is -2.53. The van der Waals surface area contributed by atoms with Gasteiger partial charge in [0.2, 0.25) is 5.78 Å². The maximum absolute atomic E-state index is 13.1. The van der Waals surface area contributed by atoms with Gasteiger partial charge in [0.25, 0.3) is 0 Å². The summed E-state index contributed by atoms with van der Waals surface area (Å²) >= 11 is 1.47. The number of carbonyl (C=O) groups is 1. The fraction of sp³-hybridized carbons (Fsp3) is 0.158. The first-order valence-corrected chi connectivity index (χ1v) is 8.58. The molecule has 0 unspecified atom stereocenters. The predicted molar refractivity (Wildman–Crippen MR) is 97.3 cm³/mol. The number of benzene rings is 2. The van der Waals surface area contributed by atoms with Crippen LogP contribution in [0.5, 0.6) is 5.75 Å². The lowest BCUT2D eigenvalue weighted by molar-refractivity contribution is 0.104. The summed E-state index contributed by atoms with van der Waals surface area (Å²) < 4.78 is 5.17. The predicted octanol–water partition coefficient (Wildman–Crippen LogP) is 3.67. The van der Waals surface area contributed by atoms with Crippen LogP contribution in [0.25, 0.3) is 5.70 Å². The number of Topliss-reactive ketones (excluding diaryl/α,β-unsaturated/α-hetero) is 1. The molecule has 0 bridgehead atoms. The summed E-state index contributed by atoms with van der Waals surface area (Å²) in [5.74, 6) is 0.770. The molecule has 0 radical (unpaired) electrons. The second-order valence-electron chi connectivity index (χ2n) is 5.52. The molecule has 0 N–H and O–H groups in total. The fourth-order valence-corrected chi connectivity index (χ4v) is 4.06. The third kappa shape index (κ3) is 2.51. The molecule has 2 aliphatic heterocycles. The molecule has 0 saturated heterocycles. The lowest BCUT2D eigenvalue weighted by atomic mass is 10.1. The topological polar surface area (TPSA) is 41.9 Å². The molecule has 2 aliphatic rings. The number of amidine groups is 1. The van der Waals surface area contributed by atoms with Crippen LogP contribution in [0.2, 0.25) is 0 Å². The quantitative estimate of drug-likeness (QED) is 0.799. The molecule has 2 heterocycles. The number of carbonyl (C=O) groups excluding carboxylic acids is 1. The molecule has 0 aromatic heterocycles. The van der Waals surface area contributed by atoms with Crippen molar-refractivity contribution in [1.82, 2.24) is 4.90 Å². The van der Waals surface area contributed by atoms with E-state index in [0.717, 1.165) is 40.2 Å². The van der Waals surface area contributed by atoms with E-state index in [1.807, 2.05) is 54.6 Å². The summed E-state index contributed by atoms with van der Waals surface area (Å²) in [5, 5.41) is 0.922. The third-order valence-corrected chi connectivity index (χ3v) is 5.20. The Morgan fingerprint density at radius 2 is 1.88 bits per heavy atom. The van der Waals surface area contributed by atoms with Crippen LogP contribution in [0.3, 0.4) is 0 Å². The van der Waals surface area contributed by atoms with Crippen molar-refractivity contribution >= 4 is 28.4 Å². The summed E-state index contributed by atoms with van der Waals surface area (Å²) in [7, 11) is 1.62. The van der Waals surface area contributed by atoms with Gasteiger partial charge in [0, 0.05) is 12.1 Å². The average molecular weight is 336 g/mol. The van der Waals surface area contributed by atoms with Gasteiger partial charge in [0.1, 0.15) is 5.75 Å². The molecule has 0 saturated carbocycles. The number of nitrogens with zero attached hydrogens (tertiary/aromatic N) is 2. The zero-order valence-corrected chi connectivity index (χ0v) is 14.0. The van der Waals surface area contributed by atoms with Gasteiger partial charge in [0.15, 0.2) is 5.17 Å². The van der Waals surface area contributed by atoms with E-state index in [2.05, 4.69) is 9.89 Å². The van der Waals surface area contributed by atoms with Crippen molar-refractivity contribution in [3.05, 3.63) is 70.6 Å². The average Bonchev–Trinajstić information content (AvgIpc) is 3.23. The van der Waals surface area contributed by atoms with Crippen molar-refractivity contribution < 1.29 is 9.53 Å². The van der Waals surface area contributed by atoms with Crippen LogP contribution < -0.4 is 4.74 Å². The van der Waals surface area contributed by atoms with E-state index in [1.165, 1.54) is 11.8 Å². The summed E-state index contributed by atoms with van der Waals surface area (Å²) in [6, 6.07) is 17.3. The Morgan fingerprint density at radius 3 is 2.58 bits per heavy atom. The van der Waals surface area contributed by atoms with Gasteiger partial charge in [-0.15, -0.1) is 0 Å². The summed E-state index contributed by atoms with van der Waals surface area (Å²) in [6.07, 6.45) is 0. The molecule has 5 heteroatoms. The lowest BCUT2D eigenvalue weighted by Gasteiger charge is -2.17. The van der Waals surface area contributed by atoms with E-state index in [9.17, 15) is 4.79 Å². The van der Waals surface area contributed by atoms with E-state index in [0.29, 0.717) is 5.56 Å². The Kier molecular flexibility index (Phi) is 3.86. The SMILES string of the molecule is COc1ccc(C(=O)C2=C(c3ccccc3)N3CCN=C3S2)cc1. The highest BCUT2D eigenvalue weighted by molar-refractivity contribution is 8.18. The normalized spacial score (nSPS) is 16.2. The maximum atomic E-state index is 13.1. The summed E-state index contributed by atoms with van der Waals surface area (Å²) in [6.45, 7) is 1.61. The van der Waals surface area contributed by atoms with Crippen LogP contribution >= 0.6 is 11.8 Å². The van der Waals surface area contributed by atoms with Gasteiger partial charge < -0.3 is 9.64 Å². The molecule has 0 aliphatic carbocycles. The smallest absolute Gasteiger partial charge is 0.201 e. The van der Waals surface area contributed by atoms with Crippen molar-refractivity contribution in [2.45, 2.75) is 0 Å². The Labute approximate surface area is 144 Å². The highest BCUT2D eigenvalue weighted by Crippen LogP contribution is 2.43. The number of thioether (sulfide) groups is 1. The Morgan fingerprint density at radius 1 is 1.12 bits per heavy atom. The number of hydrogen-bond acceptors (Lipinski definition) is 5. The number of fused-ring (bicyclic) bond motifs is 1. The maximum Gasteiger partial charge on any atom is 0.201 e. The van der Waals surface area contributed by atoms with Gasteiger partial charge in [-0.1, -0.05) is 30.3 Å². The number of ketones is 1. The molecular formula is C19H16N2O2S. The molecule has 4 rings (SSSR count). The van der Waals surface area contributed by atoms with Crippen LogP contribution in [-0.4, -0.2) is 36.1 Å². The lowest BCUT2D eigenvalue weighted by Crippen LogP contribution is -2.20. The van der Waals surface area contributed by atoms with Gasteiger partial charge in [-0.3, -0.25) is 9.79 Å². The second-order valence-corrected chi connectivity index (χ2v) is 6.50. The highest BCUT2D eigenvalue weighted by Gasteiger charge is 2.36. The molecule has 0 atom stereocenters. The molecular weight excluding hydrogens is 320 g/mol. The van der Waals surface area contributed by atoms with Crippen LogP contribution in [-0.2, 0) is 0 Å². The minimum absolute atomic E-state index is 0.0265. The molecule has 4 nitrogen and oxygen atoms in total. The van der Waals surface area contributed by atoms with Crippen molar-refractivity contribution in [1.29, 1.82) is 0 Å². The highest BCUT2D eigenvalue weighted by atomic mass is 32.2. The van der Waals surface area contributed by atoms with Crippen LogP contribution in [0, 0.1) is 0 Å². The number of hydrogen-bond donors (Lipinski definition) is 0. The number of allylic oxidation sites excluding steroid dienone is 1. The molecule has 24 heavy (non-hydrogen) atoms. The van der Waals surface area contributed by atoms with E-state index >= 15 is 0 Å². The van der Waals surface area contributed by atoms with Crippen molar-refractivity contribution in [2.24, 2.45) is 4.99 Å². The zero-order chi connectivity index (χ0) is 16.5. The van der Waals surface area contributed by atoms with E-state index in [4.69, 9.17) is 4.74 Å². The largest absolute Gasteiger partial charge is 0.497 e. The first-order chi connectivity index (χ1) is 11.8. The zero-order valence-electron chi connectivity index (χ0n) is 13.2. The van der Waals surface area contributed by atoms with Gasteiger partial charge in [0.05, 0.1) is 24.3 Å². The molecule has 0 amide bonds. The fourth-order valence-electron chi connectivity index (χ4n) is 2.89. The van der Waals surface area contributed by atoms with Crippen LogP contribution in [0.4, 0.5) is 0 Å². The number of methoxy groups -OCH3 is 1. The third-order valence-electron chi connectivity index (χ3n) is 4.09. The molecule has 120 valence electrons. The van der Waals surface area contributed by atoms with Gasteiger partial charge >= 0.3 is 0 Å². The van der Waals surface area contributed by atoms with Gasteiger partial charge in [-0.25, -0.2) is 0 Å². The first kappa shape index (κ1) is 15.0. The van der Waals surface area contributed by atoms with E-state index < -0.39 is 0 Å². The number of rotatable bonds is 4. The van der Waals surface area contributed by atoms with Crippen molar-refractivity contribution in [3.63, 3.8) is 0 Å². The van der Waals surface area contributed by atoms with Crippen LogP contribution in [0.1, 0.15) is 15.9 Å². The van der Waals surface area contributed by atoms with E-state index in [1.54, 1.807) is 7.11 Å².